The molecular weight excluding hydrogens is 369 g/mol. The Labute approximate surface area is 157 Å². The molecule has 4 aromatic rings. The first-order valence-electron chi connectivity index (χ1n) is 8.31. The van der Waals surface area contributed by atoms with Gasteiger partial charge in [-0.1, -0.05) is 0 Å². The highest BCUT2D eigenvalue weighted by atomic mass is 19.4. The average Bonchev–Trinajstić information content (AvgIpc) is 3.07. The zero-order chi connectivity index (χ0) is 19.7. The molecular formula is C21H13F3N2O2. The molecule has 0 spiro atoms. The van der Waals surface area contributed by atoms with Gasteiger partial charge >= 0.3 is 6.18 Å². The lowest BCUT2D eigenvalue weighted by Crippen LogP contribution is -2.03. The highest BCUT2D eigenvalue weighted by Crippen LogP contribution is 2.32. The van der Waals surface area contributed by atoms with Crippen molar-refractivity contribution in [2.45, 2.75) is 6.18 Å². The van der Waals surface area contributed by atoms with Crippen molar-refractivity contribution in [1.82, 2.24) is 9.55 Å². The van der Waals surface area contributed by atoms with Crippen molar-refractivity contribution in [3.05, 3.63) is 84.3 Å². The van der Waals surface area contributed by atoms with Gasteiger partial charge in [-0.25, -0.2) is 0 Å². The third-order valence-electron chi connectivity index (χ3n) is 4.30. The molecule has 4 nitrogen and oxygen atoms in total. The van der Waals surface area contributed by atoms with Crippen LogP contribution in [0.15, 0.2) is 73.2 Å². The number of ether oxygens (including phenoxy) is 1. The van der Waals surface area contributed by atoms with Crippen LogP contribution in [0.4, 0.5) is 13.2 Å². The number of halogens is 3. The largest absolute Gasteiger partial charge is 0.457 e. The van der Waals surface area contributed by atoms with E-state index in [4.69, 9.17) is 4.74 Å². The van der Waals surface area contributed by atoms with Crippen molar-refractivity contribution in [2.75, 3.05) is 0 Å². The van der Waals surface area contributed by atoms with Crippen LogP contribution in [-0.2, 0) is 6.18 Å². The van der Waals surface area contributed by atoms with Gasteiger partial charge in [0.2, 0.25) is 0 Å². The number of aldehydes is 1. The Morgan fingerprint density at radius 3 is 2.18 bits per heavy atom. The van der Waals surface area contributed by atoms with Crippen molar-refractivity contribution in [1.29, 1.82) is 0 Å². The van der Waals surface area contributed by atoms with Gasteiger partial charge in [-0.3, -0.25) is 9.78 Å². The number of alkyl halides is 3. The summed E-state index contributed by atoms with van der Waals surface area (Å²) < 4.78 is 45.3. The lowest BCUT2D eigenvalue weighted by Gasteiger charge is -2.10. The minimum absolute atomic E-state index is 0.305. The SMILES string of the molecule is O=Cc1cn(-c2ccc(Oc3ccc(C(F)(F)F)cc3)cc2)c2cnccc12. The van der Waals surface area contributed by atoms with Crippen molar-refractivity contribution in [2.24, 2.45) is 0 Å². The summed E-state index contributed by atoms with van der Waals surface area (Å²) in [5, 5.41) is 0.801. The van der Waals surface area contributed by atoms with E-state index in [-0.39, 0.29) is 0 Å². The summed E-state index contributed by atoms with van der Waals surface area (Å²) in [5.74, 6) is 0.785. The Kier molecular flexibility index (Phi) is 4.35. The van der Waals surface area contributed by atoms with E-state index >= 15 is 0 Å². The summed E-state index contributed by atoms with van der Waals surface area (Å²) in [4.78, 5) is 15.4. The van der Waals surface area contributed by atoms with Crippen LogP contribution in [0.5, 0.6) is 11.5 Å². The summed E-state index contributed by atoms with van der Waals surface area (Å²) in [6.07, 6.45) is 1.44. The number of fused-ring (bicyclic) bond motifs is 1. The fraction of sp³-hybridized carbons (Fsp3) is 0.0476. The maximum absolute atomic E-state index is 12.6. The zero-order valence-corrected chi connectivity index (χ0v) is 14.4. The smallest absolute Gasteiger partial charge is 0.416 e. The summed E-state index contributed by atoms with van der Waals surface area (Å²) in [6.45, 7) is 0. The molecule has 0 atom stereocenters. The van der Waals surface area contributed by atoms with Gasteiger partial charge in [-0.2, -0.15) is 13.2 Å². The molecule has 0 radical (unpaired) electrons. The Balaban J connectivity index is 1.59. The average molecular weight is 382 g/mol. The summed E-state index contributed by atoms with van der Waals surface area (Å²) in [5.41, 5.74) is 1.42. The number of benzene rings is 2. The molecule has 140 valence electrons. The van der Waals surface area contributed by atoms with Gasteiger partial charge in [0.05, 0.1) is 17.3 Å². The third kappa shape index (κ3) is 3.34. The third-order valence-corrected chi connectivity index (χ3v) is 4.30. The molecule has 28 heavy (non-hydrogen) atoms. The number of rotatable bonds is 4. The summed E-state index contributed by atoms with van der Waals surface area (Å²) in [6, 6.07) is 13.3. The van der Waals surface area contributed by atoms with Crippen LogP contribution in [0.1, 0.15) is 15.9 Å². The molecule has 2 heterocycles. The van der Waals surface area contributed by atoms with Crippen LogP contribution in [0.3, 0.4) is 0 Å². The monoisotopic (exact) mass is 382 g/mol. The molecule has 2 aromatic heterocycles. The van der Waals surface area contributed by atoms with Crippen LogP contribution in [0, 0.1) is 0 Å². The van der Waals surface area contributed by atoms with Crippen LogP contribution in [-0.4, -0.2) is 15.8 Å². The number of carbonyl (C=O) groups excluding carboxylic acids is 1. The molecule has 2 aromatic carbocycles. The normalized spacial score (nSPS) is 11.5. The maximum atomic E-state index is 12.6. The highest BCUT2D eigenvalue weighted by molar-refractivity contribution is 5.98. The minimum Gasteiger partial charge on any atom is -0.457 e. The predicted molar refractivity (Wildman–Crippen MR) is 98.0 cm³/mol. The number of pyridine rings is 1. The molecule has 4 rings (SSSR count). The van der Waals surface area contributed by atoms with Gasteiger partial charge < -0.3 is 9.30 Å². The van der Waals surface area contributed by atoms with E-state index in [9.17, 15) is 18.0 Å². The first kappa shape index (κ1) is 17.8. The fourth-order valence-electron chi connectivity index (χ4n) is 2.93. The fourth-order valence-corrected chi connectivity index (χ4v) is 2.93. The van der Waals surface area contributed by atoms with E-state index in [1.165, 1.54) is 12.1 Å². The zero-order valence-electron chi connectivity index (χ0n) is 14.4. The number of carbonyl (C=O) groups is 1. The van der Waals surface area contributed by atoms with Gasteiger partial charge in [-0.15, -0.1) is 0 Å². The van der Waals surface area contributed by atoms with Crippen LogP contribution < -0.4 is 4.74 Å². The molecule has 0 unspecified atom stereocenters. The van der Waals surface area contributed by atoms with Crippen LogP contribution in [0.25, 0.3) is 16.6 Å². The van der Waals surface area contributed by atoms with Crippen molar-refractivity contribution in [3.63, 3.8) is 0 Å². The van der Waals surface area contributed by atoms with E-state index in [2.05, 4.69) is 4.98 Å². The van der Waals surface area contributed by atoms with Crippen molar-refractivity contribution >= 4 is 17.2 Å². The number of nitrogens with zero attached hydrogens (tertiary/aromatic N) is 2. The number of aromatic nitrogens is 2. The topological polar surface area (TPSA) is 44.1 Å². The summed E-state index contributed by atoms with van der Waals surface area (Å²) in [7, 11) is 0. The van der Waals surface area contributed by atoms with Gasteiger partial charge in [0, 0.05) is 29.0 Å². The maximum Gasteiger partial charge on any atom is 0.416 e. The second-order valence-electron chi connectivity index (χ2n) is 6.08. The van der Waals surface area contributed by atoms with Gasteiger partial charge in [0.1, 0.15) is 11.5 Å². The van der Waals surface area contributed by atoms with Gasteiger partial charge in [-0.05, 0) is 54.6 Å². The van der Waals surface area contributed by atoms with Gasteiger partial charge in [0.15, 0.2) is 6.29 Å². The first-order valence-corrected chi connectivity index (χ1v) is 8.31. The molecule has 0 aliphatic rings. The van der Waals surface area contributed by atoms with E-state index in [0.29, 0.717) is 17.1 Å². The Hall–Kier alpha value is -3.61. The van der Waals surface area contributed by atoms with Crippen LogP contribution in [0.2, 0.25) is 0 Å². The second kappa shape index (κ2) is 6.84. The Bertz CT molecular complexity index is 1130. The first-order chi connectivity index (χ1) is 13.5. The van der Waals surface area contributed by atoms with E-state index < -0.39 is 11.7 Å². The standard InChI is InChI=1S/C21H13F3N2O2/c22-21(23,24)15-1-5-17(6-2-15)28-18-7-3-16(4-8-18)26-12-14(13-27)19-9-10-25-11-20(19)26/h1-13H. The Morgan fingerprint density at radius 2 is 1.57 bits per heavy atom. The van der Waals surface area contributed by atoms with Crippen molar-refractivity contribution in [3.8, 4) is 17.2 Å². The molecule has 0 aliphatic heterocycles. The van der Waals surface area contributed by atoms with E-state index in [1.54, 1.807) is 48.9 Å². The molecule has 0 bridgehead atoms. The quantitative estimate of drug-likeness (QED) is 0.429. The molecule has 0 fully saturated rings. The number of hydrogen-bond donors (Lipinski definition) is 0. The molecule has 0 saturated carbocycles. The Morgan fingerprint density at radius 1 is 0.929 bits per heavy atom. The van der Waals surface area contributed by atoms with Crippen molar-refractivity contribution < 1.29 is 22.7 Å². The summed E-state index contributed by atoms with van der Waals surface area (Å²) >= 11 is 0. The predicted octanol–water partition coefficient (Wildman–Crippen LogP) is 5.65. The molecule has 7 heteroatoms. The lowest BCUT2D eigenvalue weighted by molar-refractivity contribution is -0.137. The molecule has 0 saturated heterocycles. The van der Waals surface area contributed by atoms with E-state index in [1.807, 2.05) is 4.57 Å². The molecule has 0 aliphatic carbocycles. The number of hydrogen-bond acceptors (Lipinski definition) is 3. The lowest BCUT2D eigenvalue weighted by atomic mass is 10.2. The van der Waals surface area contributed by atoms with E-state index in [0.717, 1.165) is 35.0 Å². The molecule has 0 N–H and O–H groups in total. The minimum atomic E-state index is -4.38. The highest BCUT2D eigenvalue weighted by Gasteiger charge is 2.30. The molecule has 0 amide bonds. The van der Waals surface area contributed by atoms with Gasteiger partial charge in [0.25, 0.3) is 0 Å². The van der Waals surface area contributed by atoms with Crippen LogP contribution >= 0.6 is 0 Å². The second-order valence-corrected chi connectivity index (χ2v) is 6.08.